The molecule has 1 saturated heterocycles. The zero-order valence-electron chi connectivity index (χ0n) is 14.4. The molecule has 27 heavy (non-hydrogen) atoms. The Bertz CT molecular complexity index is 1080. The predicted molar refractivity (Wildman–Crippen MR) is 96.9 cm³/mol. The summed E-state index contributed by atoms with van der Waals surface area (Å²) in [5.41, 5.74) is 2.97. The highest BCUT2D eigenvalue weighted by Gasteiger charge is 2.21. The van der Waals surface area contributed by atoms with E-state index in [1.54, 1.807) is 30.8 Å². The predicted octanol–water partition coefficient (Wildman–Crippen LogP) is 3.03. The second-order valence-electron chi connectivity index (χ2n) is 6.21. The summed E-state index contributed by atoms with van der Waals surface area (Å²) in [6, 6.07) is 8.07. The molecule has 1 aliphatic heterocycles. The molecule has 0 unspecified atom stereocenters. The van der Waals surface area contributed by atoms with E-state index in [9.17, 15) is 4.39 Å². The molecule has 0 spiro atoms. The fourth-order valence-corrected chi connectivity index (χ4v) is 3.24. The monoisotopic (exact) mass is 365 g/mol. The summed E-state index contributed by atoms with van der Waals surface area (Å²) in [5, 5.41) is 0. The van der Waals surface area contributed by atoms with Gasteiger partial charge in [-0.3, -0.25) is 4.40 Å². The second kappa shape index (κ2) is 6.48. The molecule has 3 aromatic heterocycles. The first-order valence-electron chi connectivity index (χ1n) is 8.67. The maximum Gasteiger partial charge on any atom is 0.306 e. The molecule has 4 aromatic rings. The van der Waals surface area contributed by atoms with E-state index < -0.39 is 0 Å². The topological polar surface area (TPSA) is 68.7 Å². The highest BCUT2D eigenvalue weighted by molar-refractivity contribution is 5.79. The summed E-state index contributed by atoms with van der Waals surface area (Å²) in [7, 11) is 0. The van der Waals surface area contributed by atoms with Gasteiger partial charge < -0.3 is 14.1 Å². The molecule has 0 N–H and O–H groups in total. The van der Waals surface area contributed by atoms with Crippen LogP contribution in [0.3, 0.4) is 0 Å². The van der Waals surface area contributed by atoms with Crippen molar-refractivity contribution < 1.29 is 13.5 Å². The number of morpholine rings is 1. The van der Waals surface area contributed by atoms with Gasteiger partial charge in [0.15, 0.2) is 0 Å². The van der Waals surface area contributed by atoms with Gasteiger partial charge in [-0.05, 0) is 30.3 Å². The summed E-state index contributed by atoms with van der Waals surface area (Å²) in [4.78, 5) is 15.8. The van der Waals surface area contributed by atoms with E-state index in [4.69, 9.17) is 14.1 Å². The molecule has 0 atom stereocenters. The molecular formula is C19H16FN5O2. The number of aromatic nitrogens is 4. The molecular weight excluding hydrogens is 349 g/mol. The van der Waals surface area contributed by atoms with E-state index >= 15 is 0 Å². The number of rotatable bonds is 3. The number of imidazole rings is 1. The van der Waals surface area contributed by atoms with Gasteiger partial charge in [-0.15, -0.1) is 0 Å². The first-order valence-corrected chi connectivity index (χ1v) is 8.67. The van der Waals surface area contributed by atoms with Crippen LogP contribution in [0.5, 0.6) is 0 Å². The summed E-state index contributed by atoms with van der Waals surface area (Å²) < 4.78 is 26.0. The largest absolute Gasteiger partial charge is 0.432 e. The lowest BCUT2D eigenvalue weighted by Crippen LogP contribution is -2.37. The first kappa shape index (κ1) is 16.0. The van der Waals surface area contributed by atoms with Crippen molar-refractivity contribution >= 4 is 11.8 Å². The zero-order chi connectivity index (χ0) is 18.2. The molecule has 4 heterocycles. The third-order valence-electron chi connectivity index (χ3n) is 4.56. The van der Waals surface area contributed by atoms with Crippen LogP contribution >= 0.6 is 0 Å². The van der Waals surface area contributed by atoms with Crippen LogP contribution < -0.4 is 4.90 Å². The Kier molecular flexibility index (Phi) is 3.83. The minimum atomic E-state index is -0.292. The Labute approximate surface area is 154 Å². The van der Waals surface area contributed by atoms with Gasteiger partial charge >= 0.3 is 5.84 Å². The Morgan fingerprint density at radius 3 is 2.63 bits per heavy atom. The molecule has 7 nitrogen and oxygen atoms in total. The highest BCUT2D eigenvalue weighted by Crippen LogP contribution is 2.32. The molecule has 1 aliphatic rings. The highest BCUT2D eigenvalue weighted by atomic mass is 19.1. The van der Waals surface area contributed by atoms with Crippen LogP contribution in [0, 0.1) is 5.82 Å². The third-order valence-corrected chi connectivity index (χ3v) is 4.56. The zero-order valence-corrected chi connectivity index (χ0v) is 14.4. The first-order chi connectivity index (χ1) is 13.3. The molecule has 1 aromatic carbocycles. The summed E-state index contributed by atoms with van der Waals surface area (Å²) >= 11 is 0. The lowest BCUT2D eigenvalue weighted by molar-refractivity contribution is 0.122. The fraction of sp³-hybridized carbons (Fsp3) is 0.211. The maximum atomic E-state index is 13.3. The molecule has 0 amide bonds. The number of anilines is 1. The van der Waals surface area contributed by atoms with Gasteiger partial charge in [-0.2, -0.15) is 4.98 Å². The lowest BCUT2D eigenvalue weighted by Gasteiger charge is -2.26. The van der Waals surface area contributed by atoms with Crippen LogP contribution in [-0.2, 0) is 4.74 Å². The molecule has 0 radical (unpaired) electrons. The standard InChI is InChI=1S/C19H16FN5O2/c20-14-3-1-13(2-4-14)16-17(25-9-12-27-19(25)23-16)15-5-6-21-18(22-15)24-7-10-26-11-8-24/h1-6,9,12H,7-8,10-11H2. The van der Waals surface area contributed by atoms with Crippen molar-refractivity contribution in [2.75, 3.05) is 31.2 Å². The number of hydrogen-bond acceptors (Lipinski definition) is 6. The minimum absolute atomic E-state index is 0.292. The Morgan fingerprint density at radius 2 is 1.81 bits per heavy atom. The van der Waals surface area contributed by atoms with Crippen LogP contribution in [0.1, 0.15) is 0 Å². The van der Waals surface area contributed by atoms with Crippen molar-refractivity contribution in [3.8, 4) is 22.6 Å². The van der Waals surface area contributed by atoms with E-state index in [1.165, 1.54) is 12.1 Å². The van der Waals surface area contributed by atoms with Gasteiger partial charge in [0.05, 0.1) is 18.9 Å². The summed E-state index contributed by atoms with van der Waals surface area (Å²) in [5.74, 6) is 0.815. The molecule has 8 heteroatoms. The van der Waals surface area contributed by atoms with Crippen molar-refractivity contribution in [3.63, 3.8) is 0 Å². The van der Waals surface area contributed by atoms with Crippen LogP contribution in [0.4, 0.5) is 10.3 Å². The van der Waals surface area contributed by atoms with Crippen molar-refractivity contribution in [2.24, 2.45) is 0 Å². The number of benzene rings is 1. The van der Waals surface area contributed by atoms with Crippen LogP contribution in [0.25, 0.3) is 28.5 Å². The summed E-state index contributed by atoms with van der Waals surface area (Å²) in [6.07, 6.45) is 5.10. The SMILES string of the molecule is Fc1ccc(-c2nc3occn3c2-c2ccnc(N3CCOCC3)n2)cc1. The van der Waals surface area contributed by atoms with Crippen molar-refractivity contribution in [2.45, 2.75) is 0 Å². The average Bonchev–Trinajstić information content (AvgIpc) is 3.30. The maximum absolute atomic E-state index is 13.3. The van der Waals surface area contributed by atoms with Crippen LogP contribution in [0.15, 0.2) is 53.4 Å². The van der Waals surface area contributed by atoms with Gasteiger partial charge in [-0.1, -0.05) is 0 Å². The fourth-order valence-electron chi connectivity index (χ4n) is 3.24. The number of halogens is 1. The molecule has 1 fully saturated rings. The lowest BCUT2D eigenvalue weighted by atomic mass is 10.1. The van der Waals surface area contributed by atoms with Crippen molar-refractivity contribution in [3.05, 3.63) is 54.8 Å². The smallest absolute Gasteiger partial charge is 0.306 e. The molecule has 5 rings (SSSR count). The van der Waals surface area contributed by atoms with Gasteiger partial charge in [0.1, 0.15) is 23.5 Å². The molecule has 0 aliphatic carbocycles. The van der Waals surface area contributed by atoms with E-state index in [0.717, 1.165) is 30.0 Å². The quantitative estimate of drug-likeness (QED) is 0.556. The second-order valence-corrected chi connectivity index (χ2v) is 6.21. The number of oxazole rings is 1. The number of fused-ring (bicyclic) bond motifs is 1. The van der Waals surface area contributed by atoms with Gasteiger partial charge in [0.25, 0.3) is 0 Å². The van der Waals surface area contributed by atoms with E-state index in [-0.39, 0.29) is 5.82 Å². The molecule has 136 valence electrons. The third kappa shape index (κ3) is 2.83. The van der Waals surface area contributed by atoms with Crippen LogP contribution in [-0.4, -0.2) is 45.7 Å². The average molecular weight is 365 g/mol. The van der Waals surface area contributed by atoms with Gasteiger partial charge in [0, 0.05) is 31.0 Å². The normalized spacial score (nSPS) is 14.8. The minimum Gasteiger partial charge on any atom is -0.432 e. The molecule has 0 saturated carbocycles. The van der Waals surface area contributed by atoms with E-state index in [0.29, 0.717) is 30.7 Å². The van der Waals surface area contributed by atoms with E-state index in [1.807, 2.05) is 10.5 Å². The van der Waals surface area contributed by atoms with Crippen molar-refractivity contribution in [1.82, 2.24) is 19.4 Å². The Hall–Kier alpha value is -3.26. The summed E-state index contributed by atoms with van der Waals surface area (Å²) in [6.45, 7) is 2.82. The number of ether oxygens (including phenoxy) is 1. The van der Waals surface area contributed by atoms with Gasteiger partial charge in [0.2, 0.25) is 5.95 Å². The van der Waals surface area contributed by atoms with Crippen LogP contribution in [0.2, 0.25) is 0 Å². The van der Waals surface area contributed by atoms with Gasteiger partial charge in [-0.25, -0.2) is 14.4 Å². The number of hydrogen-bond donors (Lipinski definition) is 0. The van der Waals surface area contributed by atoms with Crippen molar-refractivity contribution in [1.29, 1.82) is 0 Å². The number of nitrogens with zero attached hydrogens (tertiary/aromatic N) is 5. The Morgan fingerprint density at radius 1 is 1.00 bits per heavy atom. The Balaban J connectivity index is 1.65. The van der Waals surface area contributed by atoms with E-state index in [2.05, 4.69) is 14.9 Å². The molecule has 0 bridgehead atoms.